The van der Waals surface area contributed by atoms with Crippen LogP contribution < -0.4 is 4.90 Å². The summed E-state index contributed by atoms with van der Waals surface area (Å²) in [6, 6.07) is 3.81. The van der Waals surface area contributed by atoms with Crippen molar-refractivity contribution in [1.29, 1.82) is 0 Å². The molecule has 3 saturated heterocycles. The first kappa shape index (κ1) is 17.2. The molecule has 6 fully saturated rings. The Hall–Kier alpha value is 0.270. The fourth-order valence-electron chi connectivity index (χ4n) is 8.99. The highest BCUT2D eigenvalue weighted by Gasteiger charge is 2.64. The number of rotatable bonds is 0. The molecule has 0 spiro atoms. The molecule has 6 rings (SSSR count). The molecule has 6 aliphatic rings. The Labute approximate surface area is 164 Å². The van der Waals surface area contributed by atoms with E-state index in [-0.39, 0.29) is 0 Å². The highest BCUT2D eigenvalue weighted by molar-refractivity contribution is 8.00. The smallest absolute Gasteiger partial charge is 0.0965 e. The van der Waals surface area contributed by atoms with E-state index >= 15 is 0 Å². The maximum atomic E-state index is 3.28. The van der Waals surface area contributed by atoms with Crippen LogP contribution in [0.25, 0.3) is 0 Å². The Morgan fingerprint density at radius 2 is 1.65 bits per heavy atom. The average Bonchev–Trinajstić information content (AvgIpc) is 2.67. The van der Waals surface area contributed by atoms with Gasteiger partial charge >= 0.3 is 0 Å². The van der Waals surface area contributed by atoms with Crippen LogP contribution in [0.2, 0.25) is 0 Å². The molecule has 3 aliphatic carbocycles. The number of hydrogen-bond donors (Lipinski definition) is 1. The van der Waals surface area contributed by atoms with Crippen LogP contribution in [0.3, 0.4) is 0 Å². The van der Waals surface area contributed by atoms with Crippen LogP contribution in [0, 0.1) is 23.7 Å². The van der Waals surface area contributed by atoms with Gasteiger partial charge in [0.15, 0.2) is 0 Å². The third-order valence-electron chi connectivity index (χ3n) is 9.84. The van der Waals surface area contributed by atoms with E-state index in [4.69, 9.17) is 0 Å². The predicted octanol–water partition coefficient (Wildman–Crippen LogP) is 3.22. The summed E-state index contributed by atoms with van der Waals surface area (Å²) in [4.78, 5) is 5.20. The molecule has 2 nitrogen and oxygen atoms in total. The molecule has 0 bridgehead atoms. The minimum atomic E-state index is 0.936. The zero-order valence-corrected chi connectivity index (χ0v) is 17.7. The van der Waals surface area contributed by atoms with Crippen LogP contribution in [-0.2, 0) is 0 Å². The average molecular weight is 376 g/mol. The summed E-state index contributed by atoms with van der Waals surface area (Å²) in [5.41, 5.74) is 0. The lowest BCUT2D eigenvalue weighted by molar-refractivity contribution is -0.925. The molecule has 11 unspecified atom stereocenters. The largest absolute Gasteiger partial charge is 0.334 e. The van der Waals surface area contributed by atoms with Gasteiger partial charge in [-0.25, -0.2) is 0 Å². The van der Waals surface area contributed by atoms with E-state index in [9.17, 15) is 0 Å². The highest BCUT2D eigenvalue weighted by Crippen LogP contribution is 2.57. The minimum Gasteiger partial charge on any atom is -0.334 e. The van der Waals surface area contributed by atoms with Gasteiger partial charge in [-0.2, -0.15) is 11.8 Å². The standard InChI is InChI=1S/C23H38N2S/c1-14-6-5-8-17-20(14)23-21-15(12-13-24(23)2)10-11-19-22(21)25(17)16-7-3-4-9-18(16)26-19/h14-23H,3-13H2,1-2H3/p+1. The van der Waals surface area contributed by atoms with Crippen LogP contribution in [0.5, 0.6) is 0 Å². The Bertz CT molecular complexity index is 552. The molecule has 146 valence electrons. The molecule has 0 aromatic rings. The Kier molecular flexibility index (Phi) is 4.22. The first-order chi connectivity index (χ1) is 12.7. The molecule has 0 amide bonds. The van der Waals surface area contributed by atoms with Crippen molar-refractivity contribution in [3.8, 4) is 0 Å². The van der Waals surface area contributed by atoms with Crippen LogP contribution in [-0.4, -0.2) is 53.2 Å². The molecule has 3 heteroatoms. The molecule has 3 aliphatic heterocycles. The van der Waals surface area contributed by atoms with Gasteiger partial charge in [0.1, 0.15) is 0 Å². The Morgan fingerprint density at radius 1 is 0.808 bits per heavy atom. The highest BCUT2D eigenvalue weighted by atomic mass is 32.2. The number of piperidine rings is 2. The molecule has 3 heterocycles. The molecule has 26 heavy (non-hydrogen) atoms. The molecular weight excluding hydrogens is 336 g/mol. The Balaban J connectivity index is 1.46. The van der Waals surface area contributed by atoms with E-state index < -0.39 is 0 Å². The third-order valence-corrected chi connectivity index (χ3v) is 11.6. The fourth-order valence-corrected chi connectivity index (χ4v) is 11.0. The summed E-state index contributed by atoms with van der Waals surface area (Å²) >= 11 is 2.49. The number of fused-ring (bicyclic) bond motifs is 5. The van der Waals surface area contributed by atoms with Gasteiger partial charge in [-0.15, -0.1) is 0 Å². The number of nitrogens with zero attached hydrogens (tertiary/aromatic N) is 1. The molecular formula is C23H39N2S+. The van der Waals surface area contributed by atoms with E-state index in [1.165, 1.54) is 64.3 Å². The Morgan fingerprint density at radius 3 is 2.58 bits per heavy atom. The molecule has 3 saturated carbocycles. The third kappa shape index (κ3) is 2.32. The van der Waals surface area contributed by atoms with E-state index in [2.05, 4.69) is 30.6 Å². The van der Waals surface area contributed by atoms with Crippen LogP contribution in [0.1, 0.15) is 71.1 Å². The molecule has 0 radical (unpaired) electrons. The number of likely N-dealkylation sites (tertiary alicyclic amines) is 1. The summed E-state index contributed by atoms with van der Waals surface area (Å²) in [6.07, 6.45) is 15.2. The van der Waals surface area contributed by atoms with Gasteiger partial charge in [-0.3, -0.25) is 4.90 Å². The number of thioether (sulfide) groups is 1. The predicted molar refractivity (Wildman–Crippen MR) is 110 cm³/mol. The van der Waals surface area contributed by atoms with Crippen molar-refractivity contribution in [1.82, 2.24) is 4.90 Å². The quantitative estimate of drug-likeness (QED) is 0.695. The minimum absolute atomic E-state index is 0.936. The van der Waals surface area contributed by atoms with Crippen LogP contribution >= 0.6 is 11.8 Å². The first-order valence-electron chi connectivity index (χ1n) is 12.0. The molecule has 11 atom stereocenters. The van der Waals surface area contributed by atoms with Crippen molar-refractivity contribution < 1.29 is 4.90 Å². The normalized spacial score (nSPS) is 59.1. The topological polar surface area (TPSA) is 7.68 Å². The summed E-state index contributed by atoms with van der Waals surface area (Å²) in [6.45, 7) is 4.09. The van der Waals surface area contributed by atoms with Gasteiger partial charge in [0.05, 0.1) is 19.6 Å². The zero-order valence-electron chi connectivity index (χ0n) is 16.9. The van der Waals surface area contributed by atoms with Crippen LogP contribution in [0.4, 0.5) is 0 Å². The zero-order chi connectivity index (χ0) is 17.4. The number of hydrogen-bond acceptors (Lipinski definition) is 2. The monoisotopic (exact) mass is 375 g/mol. The van der Waals surface area contributed by atoms with Gasteiger partial charge in [0.2, 0.25) is 0 Å². The fraction of sp³-hybridized carbons (Fsp3) is 1.00. The molecule has 0 aromatic heterocycles. The summed E-state index contributed by atoms with van der Waals surface area (Å²) < 4.78 is 0. The lowest BCUT2D eigenvalue weighted by atomic mass is 9.56. The lowest BCUT2D eigenvalue weighted by Gasteiger charge is -2.68. The number of quaternary nitrogens is 1. The van der Waals surface area contributed by atoms with Crippen molar-refractivity contribution in [2.45, 2.75) is 106 Å². The van der Waals surface area contributed by atoms with Crippen molar-refractivity contribution in [2.24, 2.45) is 23.7 Å². The second kappa shape index (κ2) is 6.39. The van der Waals surface area contributed by atoms with Crippen molar-refractivity contribution in [3.05, 3.63) is 0 Å². The molecule has 0 aromatic carbocycles. The first-order valence-corrected chi connectivity index (χ1v) is 12.9. The van der Waals surface area contributed by atoms with E-state index in [1.54, 1.807) is 6.42 Å². The lowest BCUT2D eigenvalue weighted by Crippen LogP contribution is -3.17. The van der Waals surface area contributed by atoms with Crippen molar-refractivity contribution in [2.75, 3.05) is 13.6 Å². The number of nitrogens with one attached hydrogen (secondary N) is 1. The molecule has 1 N–H and O–H groups in total. The van der Waals surface area contributed by atoms with Crippen LogP contribution in [0.15, 0.2) is 0 Å². The SMILES string of the molecule is CC1CCCC2C1C1C3C(CCC4SC5CCCCC5N2C43)CC[NH+]1C. The van der Waals surface area contributed by atoms with Crippen molar-refractivity contribution >= 4 is 11.8 Å². The second-order valence-corrected chi connectivity index (χ2v) is 12.4. The van der Waals surface area contributed by atoms with Gasteiger partial charge in [-0.1, -0.05) is 32.6 Å². The summed E-state index contributed by atoms with van der Waals surface area (Å²) in [5.74, 6) is 4.05. The van der Waals surface area contributed by atoms with E-state index in [0.29, 0.717) is 0 Å². The van der Waals surface area contributed by atoms with Gasteiger partial charge < -0.3 is 4.90 Å². The van der Waals surface area contributed by atoms with Gasteiger partial charge in [0, 0.05) is 40.5 Å². The summed E-state index contributed by atoms with van der Waals surface area (Å²) in [7, 11) is 2.57. The van der Waals surface area contributed by atoms with Gasteiger partial charge in [0.25, 0.3) is 0 Å². The van der Waals surface area contributed by atoms with E-state index in [1.807, 2.05) is 4.90 Å². The summed E-state index contributed by atoms with van der Waals surface area (Å²) in [5, 5.41) is 1.95. The van der Waals surface area contributed by atoms with Gasteiger partial charge in [-0.05, 0) is 50.4 Å². The second-order valence-electron chi connectivity index (χ2n) is 10.9. The maximum Gasteiger partial charge on any atom is 0.0965 e. The van der Waals surface area contributed by atoms with E-state index in [0.717, 1.165) is 58.3 Å². The van der Waals surface area contributed by atoms with Crippen molar-refractivity contribution in [3.63, 3.8) is 0 Å². The maximum absolute atomic E-state index is 3.28.